The van der Waals surface area contributed by atoms with Crippen molar-refractivity contribution in [3.8, 4) is 5.75 Å². The standard InChI is InChI=1S/C26H28N4O3S/c1-18(12-27-26(32)23-15-30(3)24-10-5-4-9-22(24)25(23)31)33-21-8-6-7-19(11-21)13-29(2)14-20-16-34-17-28-20/h4-11,15-18H,12-14H2,1-3H3,(H,27,32)/t18-/m0/s1. The lowest BCUT2D eigenvalue weighted by atomic mass is 10.1. The molecule has 0 spiro atoms. The Morgan fingerprint density at radius 2 is 2.03 bits per heavy atom. The number of carbonyl (C=O) groups is 1. The number of aryl methyl sites for hydroxylation is 1. The average molecular weight is 477 g/mol. The van der Waals surface area contributed by atoms with E-state index in [0.29, 0.717) is 5.39 Å². The number of hydrogen-bond acceptors (Lipinski definition) is 6. The number of fused-ring (bicyclic) bond motifs is 1. The van der Waals surface area contributed by atoms with E-state index < -0.39 is 5.91 Å². The molecule has 0 fully saturated rings. The summed E-state index contributed by atoms with van der Waals surface area (Å²) < 4.78 is 7.82. The van der Waals surface area contributed by atoms with E-state index in [1.165, 1.54) is 0 Å². The summed E-state index contributed by atoms with van der Waals surface area (Å²) in [6.45, 7) is 3.72. The molecule has 2 aromatic carbocycles. The molecule has 8 heteroatoms. The van der Waals surface area contributed by atoms with Crippen LogP contribution in [-0.4, -0.2) is 40.1 Å². The van der Waals surface area contributed by atoms with Gasteiger partial charge in [-0.25, -0.2) is 4.98 Å². The lowest BCUT2D eigenvalue weighted by molar-refractivity contribution is 0.0930. The quantitative estimate of drug-likeness (QED) is 0.397. The van der Waals surface area contributed by atoms with E-state index in [2.05, 4.69) is 33.7 Å². The zero-order valence-electron chi connectivity index (χ0n) is 19.5. The molecule has 0 aliphatic rings. The van der Waals surface area contributed by atoms with Gasteiger partial charge in [0.2, 0.25) is 5.43 Å². The van der Waals surface area contributed by atoms with Gasteiger partial charge in [-0.2, -0.15) is 0 Å². The Kier molecular flexibility index (Phi) is 7.40. The summed E-state index contributed by atoms with van der Waals surface area (Å²) in [5, 5.41) is 5.41. The second-order valence-corrected chi connectivity index (χ2v) is 9.16. The van der Waals surface area contributed by atoms with Crippen LogP contribution in [0.2, 0.25) is 0 Å². The van der Waals surface area contributed by atoms with Gasteiger partial charge < -0.3 is 14.6 Å². The number of amides is 1. The first-order valence-electron chi connectivity index (χ1n) is 11.1. The molecule has 4 rings (SSSR count). The van der Waals surface area contributed by atoms with Gasteiger partial charge >= 0.3 is 0 Å². The summed E-state index contributed by atoms with van der Waals surface area (Å²) in [6, 6.07) is 15.2. The number of benzene rings is 2. The molecular formula is C26H28N4O3S. The Labute approximate surface area is 202 Å². The molecule has 0 unspecified atom stereocenters. The summed E-state index contributed by atoms with van der Waals surface area (Å²) >= 11 is 1.60. The summed E-state index contributed by atoms with van der Waals surface area (Å²) in [5.41, 5.74) is 4.68. The van der Waals surface area contributed by atoms with Crippen LogP contribution in [0.3, 0.4) is 0 Å². The molecule has 34 heavy (non-hydrogen) atoms. The third-order valence-electron chi connectivity index (χ3n) is 5.49. The van der Waals surface area contributed by atoms with Gasteiger partial charge in [-0.15, -0.1) is 11.3 Å². The molecule has 0 radical (unpaired) electrons. The van der Waals surface area contributed by atoms with Crippen molar-refractivity contribution in [3.63, 3.8) is 0 Å². The number of aromatic nitrogens is 2. The van der Waals surface area contributed by atoms with Crippen molar-refractivity contribution in [1.29, 1.82) is 0 Å². The summed E-state index contributed by atoms with van der Waals surface area (Å²) in [6.07, 6.45) is 1.31. The van der Waals surface area contributed by atoms with Gasteiger partial charge in [0.25, 0.3) is 5.91 Å². The van der Waals surface area contributed by atoms with E-state index in [1.54, 1.807) is 34.2 Å². The number of rotatable bonds is 9. The third kappa shape index (κ3) is 5.70. The Bertz CT molecular complexity index is 1330. The fourth-order valence-electron chi connectivity index (χ4n) is 3.88. The first kappa shape index (κ1) is 23.7. The van der Waals surface area contributed by atoms with Crippen molar-refractivity contribution >= 4 is 28.1 Å². The van der Waals surface area contributed by atoms with E-state index >= 15 is 0 Å². The molecule has 0 aliphatic heterocycles. The van der Waals surface area contributed by atoms with Crippen LogP contribution in [-0.2, 0) is 20.1 Å². The summed E-state index contributed by atoms with van der Waals surface area (Å²) in [7, 11) is 3.88. The molecule has 1 N–H and O–H groups in total. The minimum atomic E-state index is -0.404. The summed E-state index contributed by atoms with van der Waals surface area (Å²) in [5.74, 6) is 0.335. The maximum atomic E-state index is 12.8. The second-order valence-electron chi connectivity index (χ2n) is 8.44. The molecule has 1 atom stereocenters. The van der Waals surface area contributed by atoms with Crippen molar-refractivity contribution in [2.45, 2.75) is 26.1 Å². The number of nitrogens with zero attached hydrogens (tertiary/aromatic N) is 3. The van der Waals surface area contributed by atoms with Crippen LogP contribution in [0.4, 0.5) is 0 Å². The number of hydrogen-bond donors (Lipinski definition) is 1. The Morgan fingerprint density at radius 1 is 1.21 bits per heavy atom. The fourth-order valence-corrected chi connectivity index (χ4v) is 4.43. The van der Waals surface area contributed by atoms with Crippen molar-refractivity contribution < 1.29 is 9.53 Å². The Morgan fingerprint density at radius 3 is 2.82 bits per heavy atom. The van der Waals surface area contributed by atoms with Crippen molar-refractivity contribution in [3.05, 3.63) is 92.7 Å². The smallest absolute Gasteiger partial charge is 0.256 e. The average Bonchev–Trinajstić information content (AvgIpc) is 3.33. The highest BCUT2D eigenvalue weighted by Crippen LogP contribution is 2.17. The number of ether oxygens (including phenoxy) is 1. The molecule has 4 aromatic rings. The van der Waals surface area contributed by atoms with Crippen LogP contribution in [0.15, 0.2) is 70.4 Å². The number of carbonyl (C=O) groups excluding carboxylic acids is 1. The summed E-state index contributed by atoms with van der Waals surface area (Å²) in [4.78, 5) is 32.0. The van der Waals surface area contributed by atoms with Crippen LogP contribution >= 0.6 is 11.3 Å². The van der Waals surface area contributed by atoms with Gasteiger partial charge in [0.15, 0.2) is 0 Å². The minimum absolute atomic E-state index is 0.124. The Balaban J connectivity index is 1.34. The van der Waals surface area contributed by atoms with Crippen LogP contribution in [0, 0.1) is 0 Å². The lowest BCUT2D eigenvalue weighted by Gasteiger charge is -2.18. The topological polar surface area (TPSA) is 76.5 Å². The molecule has 1 amide bonds. The predicted octanol–water partition coefficient (Wildman–Crippen LogP) is 3.82. The third-order valence-corrected chi connectivity index (χ3v) is 6.13. The molecule has 0 bridgehead atoms. The largest absolute Gasteiger partial charge is 0.489 e. The maximum absolute atomic E-state index is 12.8. The molecule has 0 saturated carbocycles. The van der Waals surface area contributed by atoms with Crippen molar-refractivity contribution in [2.75, 3.05) is 13.6 Å². The first-order chi connectivity index (χ1) is 16.4. The van der Waals surface area contributed by atoms with Crippen LogP contribution in [0.1, 0.15) is 28.5 Å². The number of pyridine rings is 1. The normalized spacial score (nSPS) is 12.1. The molecule has 0 saturated heterocycles. The molecule has 7 nitrogen and oxygen atoms in total. The van der Waals surface area contributed by atoms with E-state index in [9.17, 15) is 9.59 Å². The molecule has 176 valence electrons. The van der Waals surface area contributed by atoms with Crippen LogP contribution < -0.4 is 15.5 Å². The predicted molar refractivity (Wildman–Crippen MR) is 135 cm³/mol. The highest BCUT2D eigenvalue weighted by molar-refractivity contribution is 7.07. The fraction of sp³-hybridized carbons (Fsp3) is 0.269. The second kappa shape index (κ2) is 10.6. The maximum Gasteiger partial charge on any atom is 0.256 e. The minimum Gasteiger partial charge on any atom is -0.489 e. The van der Waals surface area contributed by atoms with E-state index in [1.807, 2.05) is 49.8 Å². The zero-order valence-corrected chi connectivity index (χ0v) is 20.3. The van der Waals surface area contributed by atoms with Crippen LogP contribution in [0.25, 0.3) is 10.9 Å². The SMILES string of the molecule is C[C@@H](CNC(=O)c1cn(C)c2ccccc2c1=O)Oc1cccc(CN(C)Cc2cscn2)c1. The zero-order chi connectivity index (χ0) is 24.1. The van der Waals surface area contributed by atoms with Gasteiger partial charge in [-0.05, 0) is 43.8 Å². The van der Waals surface area contributed by atoms with Gasteiger partial charge in [-0.3, -0.25) is 14.5 Å². The Hall–Kier alpha value is -3.49. The monoisotopic (exact) mass is 476 g/mol. The van der Waals surface area contributed by atoms with E-state index in [0.717, 1.165) is 35.6 Å². The number of thiazole rings is 1. The van der Waals surface area contributed by atoms with Gasteiger partial charge in [0, 0.05) is 37.1 Å². The highest BCUT2D eigenvalue weighted by Gasteiger charge is 2.15. The molecular weight excluding hydrogens is 448 g/mol. The first-order valence-corrected chi connectivity index (χ1v) is 12.0. The molecule has 2 aromatic heterocycles. The van der Waals surface area contributed by atoms with E-state index in [-0.39, 0.29) is 23.6 Å². The van der Waals surface area contributed by atoms with Gasteiger partial charge in [-0.1, -0.05) is 24.3 Å². The van der Waals surface area contributed by atoms with E-state index in [4.69, 9.17) is 4.74 Å². The number of para-hydroxylation sites is 1. The molecule has 2 heterocycles. The van der Waals surface area contributed by atoms with Crippen LogP contribution in [0.5, 0.6) is 5.75 Å². The van der Waals surface area contributed by atoms with Gasteiger partial charge in [0.1, 0.15) is 17.4 Å². The van der Waals surface area contributed by atoms with Crippen molar-refractivity contribution in [1.82, 2.24) is 19.8 Å². The van der Waals surface area contributed by atoms with Gasteiger partial charge in [0.05, 0.1) is 23.3 Å². The lowest BCUT2D eigenvalue weighted by Crippen LogP contribution is -2.36. The van der Waals surface area contributed by atoms with Crippen molar-refractivity contribution in [2.24, 2.45) is 7.05 Å². The molecule has 0 aliphatic carbocycles. The highest BCUT2D eigenvalue weighted by atomic mass is 32.1. The number of nitrogens with one attached hydrogen (secondary N) is 1.